The second-order valence-corrected chi connectivity index (χ2v) is 4.10. The number of hydrogen-bond donors (Lipinski definition) is 1. The monoisotopic (exact) mass is 191 g/mol. The molecule has 0 spiro atoms. The van der Waals surface area contributed by atoms with Crippen molar-refractivity contribution in [3.63, 3.8) is 0 Å². The topological polar surface area (TPSA) is 29.1 Å². The Bertz CT molecular complexity index is 216. The van der Waals surface area contributed by atoms with Gasteiger partial charge in [0.15, 0.2) is 0 Å². The molecule has 76 valence electrons. The second-order valence-electron chi connectivity index (χ2n) is 4.10. The van der Waals surface area contributed by atoms with Gasteiger partial charge in [-0.3, -0.25) is 4.79 Å². The Morgan fingerprint density at radius 1 is 1.54 bits per heavy atom. The summed E-state index contributed by atoms with van der Waals surface area (Å²) < 4.78 is 26.7. The number of hydrogen-bond acceptors (Lipinski definition) is 1. The molecule has 1 amide bonds. The van der Waals surface area contributed by atoms with Crippen molar-refractivity contribution in [1.82, 2.24) is 5.32 Å². The number of carbonyl (C=O) groups excluding carboxylic acids is 1. The van der Waals surface area contributed by atoms with Crippen molar-refractivity contribution in [2.75, 3.05) is 0 Å². The van der Waals surface area contributed by atoms with Crippen molar-refractivity contribution in [2.24, 2.45) is 11.8 Å². The molecule has 2 unspecified atom stereocenters. The molecule has 1 aliphatic heterocycles. The van der Waals surface area contributed by atoms with Gasteiger partial charge in [-0.1, -0.05) is 13.8 Å². The summed E-state index contributed by atoms with van der Waals surface area (Å²) in [5, 5.41) is 2.55. The molecule has 0 aliphatic carbocycles. The van der Waals surface area contributed by atoms with E-state index in [0.29, 0.717) is 0 Å². The van der Waals surface area contributed by atoms with Crippen LogP contribution in [-0.4, -0.2) is 17.9 Å². The number of rotatable bonds is 1. The molecule has 0 bridgehead atoms. The molecule has 1 heterocycles. The van der Waals surface area contributed by atoms with E-state index in [9.17, 15) is 13.6 Å². The Hall–Kier alpha value is -0.670. The van der Waals surface area contributed by atoms with Gasteiger partial charge in [0, 0.05) is 12.5 Å². The molecule has 0 aromatic rings. The van der Waals surface area contributed by atoms with E-state index in [2.05, 4.69) is 5.32 Å². The smallest absolute Gasteiger partial charge is 0.261 e. The number of halogens is 2. The van der Waals surface area contributed by atoms with Gasteiger partial charge in [-0.05, 0) is 12.8 Å². The third kappa shape index (κ3) is 1.98. The SMILES string of the molecule is CC1CC(F)(F)C(C(C)C)C(=O)N1. The third-order valence-electron chi connectivity index (χ3n) is 2.37. The molecule has 2 nitrogen and oxygen atoms in total. The number of nitrogens with one attached hydrogen (secondary N) is 1. The first-order valence-corrected chi connectivity index (χ1v) is 4.53. The fraction of sp³-hybridized carbons (Fsp3) is 0.889. The maximum Gasteiger partial charge on any atom is 0.261 e. The maximum absolute atomic E-state index is 13.4. The van der Waals surface area contributed by atoms with Crippen LogP contribution in [0.4, 0.5) is 8.78 Å². The van der Waals surface area contributed by atoms with Crippen molar-refractivity contribution in [2.45, 2.75) is 39.2 Å². The molecule has 0 aromatic heterocycles. The highest BCUT2D eigenvalue weighted by Crippen LogP contribution is 2.37. The summed E-state index contributed by atoms with van der Waals surface area (Å²) >= 11 is 0. The van der Waals surface area contributed by atoms with Gasteiger partial charge in [0.1, 0.15) is 5.92 Å². The van der Waals surface area contributed by atoms with Gasteiger partial charge in [0.2, 0.25) is 5.91 Å². The van der Waals surface area contributed by atoms with E-state index in [0.717, 1.165) is 0 Å². The van der Waals surface area contributed by atoms with Gasteiger partial charge in [0.05, 0.1) is 0 Å². The summed E-state index contributed by atoms with van der Waals surface area (Å²) in [6, 6.07) is -0.419. The molecule has 2 atom stereocenters. The summed E-state index contributed by atoms with van der Waals surface area (Å²) in [7, 11) is 0. The predicted octanol–water partition coefficient (Wildman–Crippen LogP) is 1.80. The summed E-state index contributed by atoms with van der Waals surface area (Å²) in [6.07, 6.45) is -0.248. The van der Waals surface area contributed by atoms with Gasteiger partial charge in [-0.15, -0.1) is 0 Å². The van der Waals surface area contributed by atoms with E-state index in [-0.39, 0.29) is 12.3 Å². The molecule has 0 saturated carbocycles. The number of carbonyl (C=O) groups is 1. The van der Waals surface area contributed by atoms with E-state index in [1.165, 1.54) is 0 Å². The van der Waals surface area contributed by atoms with E-state index >= 15 is 0 Å². The molecule has 1 fully saturated rings. The van der Waals surface area contributed by atoms with Crippen LogP contribution >= 0.6 is 0 Å². The summed E-state index contributed by atoms with van der Waals surface area (Å²) in [6.45, 7) is 4.89. The molecular weight excluding hydrogens is 176 g/mol. The highest BCUT2D eigenvalue weighted by molar-refractivity contribution is 5.81. The minimum atomic E-state index is -2.85. The first-order chi connectivity index (χ1) is 5.84. The lowest BCUT2D eigenvalue weighted by Crippen LogP contribution is -2.54. The van der Waals surface area contributed by atoms with Gasteiger partial charge < -0.3 is 5.32 Å². The first-order valence-electron chi connectivity index (χ1n) is 4.53. The lowest BCUT2D eigenvalue weighted by Gasteiger charge is -2.36. The van der Waals surface area contributed by atoms with Crippen molar-refractivity contribution < 1.29 is 13.6 Å². The Morgan fingerprint density at radius 2 is 2.08 bits per heavy atom. The molecule has 1 N–H and O–H groups in total. The molecule has 1 saturated heterocycles. The molecule has 13 heavy (non-hydrogen) atoms. The highest BCUT2D eigenvalue weighted by Gasteiger charge is 2.50. The zero-order valence-corrected chi connectivity index (χ0v) is 8.10. The Kier molecular flexibility index (Phi) is 2.59. The normalized spacial score (nSPS) is 33.2. The van der Waals surface area contributed by atoms with Crippen molar-refractivity contribution >= 4 is 5.91 Å². The minimum Gasteiger partial charge on any atom is -0.353 e. The molecule has 0 radical (unpaired) electrons. The van der Waals surface area contributed by atoms with Gasteiger partial charge in [-0.25, -0.2) is 8.78 Å². The lowest BCUT2D eigenvalue weighted by atomic mass is 9.82. The maximum atomic E-state index is 13.4. The fourth-order valence-electron chi connectivity index (χ4n) is 1.90. The Labute approximate surface area is 76.7 Å². The Balaban J connectivity index is 2.86. The van der Waals surface area contributed by atoms with Crippen LogP contribution in [0.3, 0.4) is 0 Å². The van der Waals surface area contributed by atoms with Gasteiger partial charge >= 0.3 is 0 Å². The molecule has 0 aromatic carbocycles. The summed E-state index contributed by atoms with van der Waals surface area (Å²) in [5.74, 6) is -4.85. The van der Waals surface area contributed by atoms with Gasteiger partial charge in [-0.2, -0.15) is 0 Å². The largest absolute Gasteiger partial charge is 0.353 e. The minimum absolute atomic E-state index is 0.248. The number of piperidine rings is 1. The van der Waals surface area contributed by atoms with Crippen LogP contribution in [0, 0.1) is 11.8 Å². The van der Waals surface area contributed by atoms with Gasteiger partial charge in [0.25, 0.3) is 5.92 Å². The predicted molar refractivity (Wildman–Crippen MR) is 45.5 cm³/mol. The van der Waals surface area contributed by atoms with Crippen LogP contribution in [0.2, 0.25) is 0 Å². The first kappa shape index (κ1) is 10.4. The number of amides is 1. The lowest BCUT2D eigenvalue weighted by molar-refractivity contribution is -0.155. The standard InChI is InChI=1S/C9H15F2NO/c1-5(2)7-8(13)12-6(3)4-9(7,10)11/h5-7H,4H2,1-3H3,(H,12,13). The van der Waals surface area contributed by atoms with E-state index in [1.807, 2.05) is 0 Å². The average molecular weight is 191 g/mol. The fourth-order valence-corrected chi connectivity index (χ4v) is 1.90. The van der Waals surface area contributed by atoms with Crippen molar-refractivity contribution in [3.8, 4) is 0 Å². The molecule has 4 heteroatoms. The summed E-state index contributed by atoms with van der Waals surface area (Å²) in [4.78, 5) is 11.3. The van der Waals surface area contributed by atoms with Crippen LogP contribution in [0.1, 0.15) is 27.2 Å². The molecule has 1 rings (SSSR count). The zero-order chi connectivity index (χ0) is 10.2. The zero-order valence-electron chi connectivity index (χ0n) is 8.10. The summed E-state index contributed by atoms with van der Waals surface area (Å²) in [5.41, 5.74) is 0. The van der Waals surface area contributed by atoms with Crippen LogP contribution < -0.4 is 5.32 Å². The van der Waals surface area contributed by atoms with Crippen molar-refractivity contribution in [3.05, 3.63) is 0 Å². The Morgan fingerprint density at radius 3 is 2.46 bits per heavy atom. The van der Waals surface area contributed by atoms with Crippen LogP contribution in [-0.2, 0) is 4.79 Å². The second kappa shape index (κ2) is 3.24. The van der Waals surface area contributed by atoms with E-state index in [1.54, 1.807) is 20.8 Å². The quantitative estimate of drug-likeness (QED) is 0.672. The van der Waals surface area contributed by atoms with E-state index in [4.69, 9.17) is 0 Å². The third-order valence-corrected chi connectivity index (χ3v) is 2.37. The van der Waals surface area contributed by atoms with E-state index < -0.39 is 23.8 Å². The number of alkyl halides is 2. The molecular formula is C9H15F2NO. The highest BCUT2D eigenvalue weighted by atomic mass is 19.3. The average Bonchev–Trinajstić information content (AvgIpc) is 1.78. The van der Waals surface area contributed by atoms with Crippen LogP contribution in [0.25, 0.3) is 0 Å². The molecule has 1 aliphatic rings. The van der Waals surface area contributed by atoms with Crippen LogP contribution in [0.15, 0.2) is 0 Å². The van der Waals surface area contributed by atoms with Crippen LogP contribution in [0.5, 0.6) is 0 Å². The van der Waals surface area contributed by atoms with Crippen molar-refractivity contribution in [1.29, 1.82) is 0 Å².